The second kappa shape index (κ2) is 3.85. The lowest BCUT2D eigenvalue weighted by Gasteiger charge is -2.01. The topological polar surface area (TPSA) is 57.9 Å². The molecule has 7 heteroatoms. The first-order valence-corrected chi connectivity index (χ1v) is 6.30. The molecule has 0 heterocycles. The Labute approximate surface area is 92.7 Å². The van der Waals surface area contributed by atoms with Gasteiger partial charge in [0.2, 0.25) is 0 Å². The second-order valence-corrected chi connectivity index (χ2v) is 5.68. The van der Waals surface area contributed by atoms with Crippen molar-refractivity contribution >= 4 is 35.7 Å². The molecule has 0 saturated heterocycles. The van der Waals surface area contributed by atoms with Gasteiger partial charge >= 0.3 is 0 Å². The van der Waals surface area contributed by atoms with Crippen LogP contribution in [-0.4, -0.2) is 8.42 Å². The lowest BCUT2D eigenvalue weighted by atomic mass is 10.2. The summed E-state index contributed by atoms with van der Waals surface area (Å²) in [7, 11) is 0.836. The van der Waals surface area contributed by atoms with E-state index in [0.29, 0.717) is 0 Å². The van der Waals surface area contributed by atoms with Crippen LogP contribution >= 0.6 is 26.6 Å². The van der Waals surface area contributed by atoms with Crippen LogP contribution in [-0.2, 0) is 9.05 Å². The van der Waals surface area contributed by atoms with Gasteiger partial charge < -0.3 is 0 Å². The minimum absolute atomic E-state index is 0.0124. The molecule has 0 aliphatic carbocycles. The van der Waals surface area contributed by atoms with Gasteiger partial charge in [-0.05, 0) is 28.1 Å². The van der Waals surface area contributed by atoms with Crippen molar-refractivity contribution in [2.24, 2.45) is 0 Å². The van der Waals surface area contributed by atoms with Crippen molar-refractivity contribution in [2.75, 3.05) is 0 Å². The molecule has 0 unspecified atom stereocenters. The molecule has 14 heavy (non-hydrogen) atoms. The third-order valence-corrected chi connectivity index (χ3v) is 3.62. The molecule has 0 N–H and O–H groups in total. The van der Waals surface area contributed by atoms with E-state index in [1.54, 1.807) is 6.07 Å². The molecule has 0 aliphatic rings. The van der Waals surface area contributed by atoms with Crippen molar-refractivity contribution < 1.29 is 12.8 Å². The highest BCUT2D eigenvalue weighted by molar-refractivity contribution is 9.10. The van der Waals surface area contributed by atoms with Gasteiger partial charge in [-0.15, -0.1) is 0 Å². The molecule has 0 bridgehead atoms. The summed E-state index contributed by atoms with van der Waals surface area (Å²) in [6.45, 7) is 0. The second-order valence-electron chi connectivity index (χ2n) is 2.32. The number of hydrogen-bond acceptors (Lipinski definition) is 3. The molecule has 0 saturated carbocycles. The Bertz CT molecular complexity index is 500. The van der Waals surface area contributed by atoms with E-state index in [1.165, 1.54) is 6.07 Å². The molecular formula is C7H2BrClFNO2S. The first-order chi connectivity index (χ1) is 6.36. The Morgan fingerprint density at radius 3 is 2.43 bits per heavy atom. The molecule has 0 spiro atoms. The summed E-state index contributed by atoms with van der Waals surface area (Å²) >= 11 is 2.82. The van der Waals surface area contributed by atoms with Crippen LogP contribution in [0.25, 0.3) is 0 Å². The highest BCUT2D eigenvalue weighted by Crippen LogP contribution is 2.28. The van der Waals surface area contributed by atoms with E-state index in [9.17, 15) is 12.8 Å². The first kappa shape index (κ1) is 11.4. The Balaban J connectivity index is 3.59. The zero-order chi connectivity index (χ0) is 10.9. The Morgan fingerprint density at radius 1 is 1.50 bits per heavy atom. The zero-order valence-electron chi connectivity index (χ0n) is 6.46. The van der Waals surface area contributed by atoms with Gasteiger partial charge in [0.1, 0.15) is 10.7 Å². The van der Waals surface area contributed by atoms with E-state index in [0.717, 1.165) is 6.07 Å². The monoisotopic (exact) mass is 297 g/mol. The van der Waals surface area contributed by atoms with E-state index < -0.39 is 19.8 Å². The normalized spacial score (nSPS) is 11.0. The molecule has 0 fully saturated rings. The molecule has 0 radical (unpaired) electrons. The number of rotatable bonds is 1. The molecule has 74 valence electrons. The molecule has 0 atom stereocenters. The third-order valence-electron chi connectivity index (χ3n) is 1.37. The highest BCUT2D eigenvalue weighted by Gasteiger charge is 2.20. The summed E-state index contributed by atoms with van der Waals surface area (Å²) in [4.78, 5) is -0.654. The maximum atomic E-state index is 13.1. The van der Waals surface area contributed by atoms with Crippen LogP contribution in [0.15, 0.2) is 21.5 Å². The lowest BCUT2D eigenvalue weighted by molar-refractivity contribution is 0.573. The van der Waals surface area contributed by atoms with Gasteiger partial charge in [0.05, 0.1) is 11.6 Å². The molecule has 1 aromatic rings. The van der Waals surface area contributed by atoms with E-state index in [4.69, 9.17) is 15.9 Å². The van der Waals surface area contributed by atoms with Crippen molar-refractivity contribution in [1.29, 1.82) is 5.26 Å². The first-order valence-electron chi connectivity index (χ1n) is 3.20. The van der Waals surface area contributed by atoms with Crippen molar-refractivity contribution in [3.8, 4) is 6.07 Å². The van der Waals surface area contributed by atoms with Crippen molar-refractivity contribution in [1.82, 2.24) is 0 Å². The van der Waals surface area contributed by atoms with Gasteiger partial charge in [0.25, 0.3) is 9.05 Å². The fourth-order valence-corrected chi connectivity index (χ4v) is 3.27. The minimum atomic E-state index is -4.15. The quantitative estimate of drug-likeness (QED) is 0.748. The number of halogens is 3. The Kier molecular flexibility index (Phi) is 3.14. The summed E-state index contributed by atoms with van der Waals surface area (Å²) in [5.41, 5.74) is 0.0124. The van der Waals surface area contributed by atoms with E-state index in [1.807, 2.05) is 0 Å². The van der Waals surface area contributed by atoms with Gasteiger partial charge in [-0.25, -0.2) is 12.8 Å². The van der Waals surface area contributed by atoms with Crippen LogP contribution in [0, 0.1) is 17.1 Å². The largest absolute Gasteiger partial charge is 0.265 e. The summed E-state index contributed by atoms with van der Waals surface area (Å²) in [6, 6.07) is 3.66. The fourth-order valence-electron chi connectivity index (χ4n) is 0.857. The average Bonchev–Trinajstić information content (AvgIpc) is 1.99. The summed E-state index contributed by atoms with van der Waals surface area (Å²) in [6.07, 6.45) is 0. The predicted octanol–water partition coefficient (Wildman–Crippen LogP) is 2.39. The summed E-state index contributed by atoms with van der Waals surface area (Å²) in [5, 5.41) is 8.46. The number of benzene rings is 1. The number of nitriles is 1. The number of hydrogen-bond donors (Lipinski definition) is 0. The van der Waals surface area contributed by atoms with E-state index >= 15 is 0 Å². The molecule has 0 aromatic heterocycles. The standard InChI is InChI=1S/C7H2BrClFNO2S/c8-5-1-4(3-11)2-6(10)7(5)14(9,12)13/h1-2H. The lowest BCUT2D eigenvalue weighted by Crippen LogP contribution is -1.97. The van der Waals surface area contributed by atoms with Gasteiger partial charge in [0, 0.05) is 15.2 Å². The fraction of sp³-hybridized carbons (Fsp3) is 0. The average molecular weight is 299 g/mol. The minimum Gasteiger partial charge on any atom is -0.207 e. The summed E-state index contributed by atoms with van der Waals surface area (Å²) < 4.78 is 34.9. The Hall–Kier alpha value is -0.640. The molecule has 1 aromatic carbocycles. The van der Waals surface area contributed by atoms with Crippen LogP contribution in [0.1, 0.15) is 5.56 Å². The van der Waals surface area contributed by atoms with Crippen molar-refractivity contribution in [3.05, 3.63) is 28.0 Å². The predicted molar refractivity (Wildman–Crippen MR) is 51.9 cm³/mol. The maximum absolute atomic E-state index is 13.1. The van der Waals surface area contributed by atoms with Gasteiger partial charge in [-0.2, -0.15) is 5.26 Å². The van der Waals surface area contributed by atoms with Crippen LogP contribution in [0.5, 0.6) is 0 Å². The van der Waals surface area contributed by atoms with Gasteiger partial charge in [-0.3, -0.25) is 0 Å². The van der Waals surface area contributed by atoms with Crippen LogP contribution in [0.2, 0.25) is 0 Å². The maximum Gasteiger partial charge on any atom is 0.265 e. The van der Waals surface area contributed by atoms with Crippen molar-refractivity contribution in [2.45, 2.75) is 4.90 Å². The number of nitrogens with zero attached hydrogens (tertiary/aromatic N) is 1. The summed E-state index contributed by atoms with van der Waals surface area (Å²) in [5.74, 6) is -1.05. The highest BCUT2D eigenvalue weighted by atomic mass is 79.9. The zero-order valence-corrected chi connectivity index (χ0v) is 9.62. The van der Waals surface area contributed by atoms with Crippen molar-refractivity contribution in [3.63, 3.8) is 0 Å². The van der Waals surface area contributed by atoms with Gasteiger partial charge in [0.15, 0.2) is 0 Å². The smallest absolute Gasteiger partial charge is 0.207 e. The van der Waals surface area contributed by atoms with Crippen LogP contribution < -0.4 is 0 Å². The SMILES string of the molecule is N#Cc1cc(F)c(S(=O)(=O)Cl)c(Br)c1. The third kappa shape index (κ3) is 2.23. The van der Waals surface area contributed by atoms with Gasteiger partial charge in [-0.1, -0.05) is 0 Å². The van der Waals surface area contributed by atoms with E-state index in [2.05, 4.69) is 15.9 Å². The molecule has 1 rings (SSSR count). The van der Waals surface area contributed by atoms with Crippen LogP contribution in [0.3, 0.4) is 0 Å². The molecule has 0 aliphatic heterocycles. The molecular weight excluding hydrogens is 297 g/mol. The molecule has 0 amide bonds. The molecule has 3 nitrogen and oxygen atoms in total. The van der Waals surface area contributed by atoms with Crippen LogP contribution in [0.4, 0.5) is 4.39 Å². The Morgan fingerprint density at radius 2 is 2.07 bits per heavy atom. The van der Waals surface area contributed by atoms with E-state index in [-0.39, 0.29) is 10.0 Å².